The maximum absolute atomic E-state index is 6.08. The number of hydrogen-bond acceptors (Lipinski definition) is 3. The van der Waals surface area contributed by atoms with E-state index >= 15 is 0 Å². The molecule has 1 N–H and O–H groups in total. The van der Waals surface area contributed by atoms with Crippen molar-refractivity contribution in [3.05, 3.63) is 53.5 Å². The van der Waals surface area contributed by atoms with Crippen molar-refractivity contribution in [1.29, 1.82) is 0 Å². The molecule has 1 saturated heterocycles. The molecule has 1 aromatic carbocycles. The Hall–Kier alpha value is -1.52. The first-order chi connectivity index (χ1) is 9.89. The monoisotopic (exact) mass is 283 g/mol. The van der Waals surface area contributed by atoms with E-state index in [1.165, 1.54) is 5.56 Å². The van der Waals surface area contributed by atoms with Gasteiger partial charge in [0.25, 0.3) is 0 Å². The minimum atomic E-state index is -0.290. The van der Waals surface area contributed by atoms with Gasteiger partial charge in [-0.2, -0.15) is 0 Å². The quantitative estimate of drug-likeness (QED) is 0.846. The van der Waals surface area contributed by atoms with Crippen LogP contribution in [-0.2, 0) is 9.31 Å². The zero-order chi connectivity index (χ0) is 15.1. The maximum atomic E-state index is 6.08. The highest BCUT2D eigenvalue weighted by atomic mass is 16.7. The molecule has 2 aliphatic heterocycles. The van der Waals surface area contributed by atoms with Crippen LogP contribution in [0.1, 0.15) is 33.3 Å². The minimum Gasteiger partial charge on any atom is -0.400 e. The summed E-state index contributed by atoms with van der Waals surface area (Å²) in [5, 5.41) is 3.45. The Morgan fingerprint density at radius 1 is 0.952 bits per heavy atom. The third-order valence-electron chi connectivity index (χ3n) is 4.59. The largest absolute Gasteiger partial charge is 0.492 e. The molecule has 4 heteroatoms. The van der Waals surface area contributed by atoms with Crippen molar-refractivity contribution >= 4 is 12.8 Å². The Morgan fingerprint density at radius 3 is 2.10 bits per heavy atom. The first-order valence-electron chi connectivity index (χ1n) is 7.45. The summed E-state index contributed by atoms with van der Waals surface area (Å²) in [6, 6.07) is 10.3. The summed E-state index contributed by atoms with van der Waals surface area (Å²) in [7, 11) is -0.268. The predicted octanol–water partition coefficient (Wildman–Crippen LogP) is 3.19. The number of nitrogens with one attached hydrogen (secondary N) is 1. The van der Waals surface area contributed by atoms with Gasteiger partial charge < -0.3 is 14.6 Å². The van der Waals surface area contributed by atoms with Crippen LogP contribution in [0.25, 0.3) is 5.70 Å². The van der Waals surface area contributed by atoms with Gasteiger partial charge in [0, 0.05) is 12.2 Å². The molecule has 0 aliphatic carbocycles. The van der Waals surface area contributed by atoms with E-state index in [-0.39, 0.29) is 18.3 Å². The molecule has 3 nitrogen and oxygen atoms in total. The average Bonchev–Trinajstić information content (AvgIpc) is 2.69. The van der Waals surface area contributed by atoms with Gasteiger partial charge in [-0.05, 0) is 44.8 Å². The molecule has 0 spiro atoms. The van der Waals surface area contributed by atoms with Crippen molar-refractivity contribution in [2.75, 3.05) is 6.54 Å². The van der Waals surface area contributed by atoms with Crippen LogP contribution >= 0.6 is 0 Å². The fourth-order valence-electron chi connectivity index (χ4n) is 2.48. The molecule has 0 radical (unpaired) electrons. The van der Waals surface area contributed by atoms with Crippen molar-refractivity contribution in [2.24, 2.45) is 0 Å². The first kappa shape index (κ1) is 14.4. The zero-order valence-corrected chi connectivity index (χ0v) is 13.1. The van der Waals surface area contributed by atoms with Crippen molar-refractivity contribution in [3.8, 4) is 0 Å². The summed E-state index contributed by atoms with van der Waals surface area (Å²) in [6.45, 7) is 9.06. The second-order valence-electron chi connectivity index (χ2n) is 6.63. The lowest BCUT2D eigenvalue weighted by molar-refractivity contribution is 0.00578. The fraction of sp³-hybridized carbons (Fsp3) is 0.412. The van der Waals surface area contributed by atoms with E-state index in [0.29, 0.717) is 0 Å². The zero-order valence-electron chi connectivity index (χ0n) is 13.1. The SMILES string of the molecule is CC1(C)OB(C2=CC=C(c3ccccc3)NC2)OC1(C)C. The van der Waals surface area contributed by atoms with E-state index < -0.39 is 0 Å². The summed E-state index contributed by atoms with van der Waals surface area (Å²) in [5.74, 6) is 0. The Balaban J connectivity index is 1.78. The van der Waals surface area contributed by atoms with E-state index in [0.717, 1.165) is 17.7 Å². The maximum Gasteiger partial charge on any atom is 0.492 e. The van der Waals surface area contributed by atoms with Crippen LogP contribution < -0.4 is 5.32 Å². The highest BCUT2D eigenvalue weighted by Gasteiger charge is 2.52. The van der Waals surface area contributed by atoms with Crippen molar-refractivity contribution in [3.63, 3.8) is 0 Å². The predicted molar refractivity (Wildman–Crippen MR) is 86.6 cm³/mol. The lowest BCUT2D eigenvalue weighted by Crippen LogP contribution is -2.41. The molecule has 3 rings (SSSR count). The molecule has 1 fully saturated rings. The van der Waals surface area contributed by atoms with Crippen LogP contribution in [0.4, 0.5) is 0 Å². The highest BCUT2D eigenvalue weighted by molar-refractivity contribution is 6.55. The molecule has 0 unspecified atom stereocenters. The minimum absolute atomic E-state index is 0.268. The van der Waals surface area contributed by atoms with Gasteiger partial charge in [0.15, 0.2) is 0 Å². The lowest BCUT2D eigenvalue weighted by atomic mass is 9.76. The average molecular weight is 283 g/mol. The molecule has 0 atom stereocenters. The van der Waals surface area contributed by atoms with Gasteiger partial charge in [-0.15, -0.1) is 0 Å². The molecule has 2 aliphatic rings. The number of dihydropyridines is 1. The molecule has 1 aromatic rings. The molecule has 0 bridgehead atoms. The summed E-state index contributed by atoms with van der Waals surface area (Å²) < 4.78 is 12.2. The molecular weight excluding hydrogens is 261 g/mol. The highest BCUT2D eigenvalue weighted by Crippen LogP contribution is 2.38. The van der Waals surface area contributed by atoms with Crippen LogP contribution in [0.15, 0.2) is 48.0 Å². The third kappa shape index (κ3) is 2.66. The Kier molecular flexibility index (Phi) is 3.46. The smallest absolute Gasteiger partial charge is 0.400 e. The van der Waals surface area contributed by atoms with Crippen molar-refractivity contribution < 1.29 is 9.31 Å². The first-order valence-corrected chi connectivity index (χ1v) is 7.45. The van der Waals surface area contributed by atoms with Gasteiger partial charge in [-0.3, -0.25) is 0 Å². The number of benzene rings is 1. The summed E-state index contributed by atoms with van der Waals surface area (Å²) >= 11 is 0. The van der Waals surface area contributed by atoms with Crippen molar-refractivity contribution in [2.45, 2.75) is 38.9 Å². The molecule has 0 aromatic heterocycles. The topological polar surface area (TPSA) is 30.5 Å². The second kappa shape index (κ2) is 5.04. The summed E-state index contributed by atoms with van der Waals surface area (Å²) in [5.41, 5.74) is 2.88. The van der Waals surface area contributed by atoms with Crippen LogP contribution in [0.3, 0.4) is 0 Å². The molecular formula is C17H22BNO2. The number of rotatable bonds is 2. The fourth-order valence-corrected chi connectivity index (χ4v) is 2.48. The van der Waals surface area contributed by atoms with E-state index in [9.17, 15) is 0 Å². The van der Waals surface area contributed by atoms with Crippen LogP contribution in [0.2, 0.25) is 0 Å². The molecule has 110 valence electrons. The Bertz CT molecular complexity index is 574. The number of allylic oxidation sites excluding steroid dienone is 2. The summed E-state index contributed by atoms with van der Waals surface area (Å²) in [6.07, 6.45) is 4.21. The molecule has 21 heavy (non-hydrogen) atoms. The standard InChI is InChI=1S/C17H22BNO2/c1-16(2)17(3,4)21-18(20-16)14-10-11-15(19-12-14)13-8-6-5-7-9-13/h5-11,19H,12H2,1-4H3. The number of hydrogen-bond donors (Lipinski definition) is 1. The van der Waals surface area contributed by atoms with Gasteiger partial charge in [-0.25, -0.2) is 0 Å². The second-order valence-corrected chi connectivity index (χ2v) is 6.63. The third-order valence-corrected chi connectivity index (χ3v) is 4.59. The normalized spacial score (nSPS) is 23.3. The Morgan fingerprint density at radius 2 is 1.57 bits per heavy atom. The van der Waals surface area contributed by atoms with Gasteiger partial charge in [-0.1, -0.05) is 36.4 Å². The van der Waals surface area contributed by atoms with Gasteiger partial charge in [0.1, 0.15) is 0 Å². The van der Waals surface area contributed by atoms with E-state index in [1.54, 1.807) is 0 Å². The van der Waals surface area contributed by atoms with Crippen LogP contribution in [-0.4, -0.2) is 24.9 Å². The van der Waals surface area contributed by atoms with E-state index in [2.05, 4.69) is 57.3 Å². The summed E-state index contributed by atoms with van der Waals surface area (Å²) in [4.78, 5) is 0. The van der Waals surface area contributed by atoms with Crippen LogP contribution in [0, 0.1) is 0 Å². The lowest BCUT2D eigenvalue weighted by Gasteiger charge is -2.32. The van der Waals surface area contributed by atoms with E-state index in [1.807, 2.05) is 18.2 Å². The van der Waals surface area contributed by atoms with Gasteiger partial charge in [0.05, 0.1) is 11.2 Å². The molecule has 2 heterocycles. The Labute approximate surface area is 127 Å². The van der Waals surface area contributed by atoms with Gasteiger partial charge in [0.2, 0.25) is 0 Å². The van der Waals surface area contributed by atoms with Gasteiger partial charge >= 0.3 is 7.12 Å². The molecule has 0 saturated carbocycles. The van der Waals surface area contributed by atoms with Crippen molar-refractivity contribution in [1.82, 2.24) is 5.32 Å². The molecule has 0 amide bonds. The van der Waals surface area contributed by atoms with E-state index in [4.69, 9.17) is 9.31 Å². The van der Waals surface area contributed by atoms with Crippen LogP contribution in [0.5, 0.6) is 0 Å².